The lowest BCUT2D eigenvalue weighted by molar-refractivity contribution is -0.116. The maximum Gasteiger partial charge on any atom is 0.285 e. The minimum atomic E-state index is -3.86. The highest BCUT2D eigenvalue weighted by Crippen LogP contribution is 2.37. The van der Waals surface area contributed by atoms with E-state index in [2.05, 4.69) is 31.1 Å². The fourth-order valence-electron chi connectivity index (χ4n) is 2.87. The van der Waals surface area contributed by atoms with Crippen molar-refractivity contribution < 1.29 is 27.8 Å². The molecular weight excluding hydrogens is 492 g/mol. The van der Waals surface area contributed by atoms with Crippen molar-refractivity contribution in [1.82, 2.24) is 4.98 Å². The van der Waals surface area contributed by atoms with Gasteiger partial charge in [0, 0.05) is 15.9 Å². The third-order valence-electron chi connectivity index (χ3n) is 4.31. The number of aromatic amines is 1. The highest BCUT2D eigenvalue weighted by Gasteiger charge is 2.24. The molecule has 0 radical (unpaired) electrons. The molecule has 3 rings (SSSR count). The van der Waals surface area contributed by atoms with Crippen LogP contribution < -0.4 is 13.8 Å². The van der Waals surface area contributed by atoms with Gasteiger partial charge in [-0.05, 0) is 30.3 Å². The van der Waals surface area contributed by atoms with E-state index in [0.29, 0.717) is 16.7 Å². The number of sulfonamides is 1. The summed E-state index contributed by atoms with van der Waals surface area (Å²) in [6.45, 7) is -0.613. The van der Waals surface area contributed by atoms with Gasteiger partial charge in [0.1, 0.15) is 18.0 Å². The third-order valence-corrected chi connectivity index (χ3v) is 5.93. The Morgan fingerprint density at radius 2 is 1.94 bits per heavy atom. The lowest BCUT2D eigenvalue weighted by Gasteiger charge is -2.23. The Morgan fingerprint density at radius 3 is 2.58 bits per heavy atom. The standard InChI is InChI=1S/C19H19BrN4O6S/c1-29-12-5-7-15(16(9-12)30-2)24(31(3,27)28)10-17(25)22-23-18-13-8-11(20)4-6-14(13)21-19(18)26/h4-9,21,26H,10H2,1-3H3. The van der Waals surface area contributed by atoms with Gasteiger partial charge < -0.3 is 19.6 Å². The molecule has 0 saturated heterocycles. The number of carbonyl (C=O) groups excluding carboxylic acids is 1. The molecule has 12 heteroatoms. The predicted octanol–water partition coefficient (Wildman–Crippen LogP) is 3.73. The Morgan fingerprint density at radius 1 is 1.19 bits per heavy atom. The minimum Gasteiger partial charge on any atom is -0.497 e. The number of H-pyrrole nitrogens is 1. The molecule has 0 atom stereocenters. The Balaban J connectivity index is 1.91. The number of anilines is 1. The number of benzene rings is 2. The quantitative estimate of drug-likeness (QED) is 0.465. The number of hydrogen-bond acceptors (Lipinski definition) is 7. The molecule has 0 aliphatic heterocycles. The van der Waals surface area contributed by atoms with Gasteiger partial charge in [0.05, 0.1) is 31.7 Å². The summed E-state index contributed by atoms with van der Waals surface area (Å²) in [6.07, 6.45) is 0.962. The number of ether oxygens (including phenoxy) is 2. The third kappa shape index (κ3) is 4.97. The van der Waals surface area contributed by atoms with Crippen LogP contribution in [0.2, 0.25) is 0 Å². The molecule has 0 bridgehead atoms. The van der Waals surface area contributed by atoms with Crippen LogP contribution >= 0.6 is 15.9 Å². The van der Waals surface area contributed by atoms with Crippen LogP contribution in [0.1, 0.15) is 0 Å². The van der Waals surface area contributed by atoms with Crippen molar-refractivity contribution in [2.45, 2.75) is 0 Å². The molecule has 3 aromatic rings. The first kappa shape index (κ1) is 22.6. The van der Waals surface area contributed by atoms with E-state index in [0.717, 1.165) is 15.0 Å². The molecule has 10 nitrogen and oxygen atoms in total. The Labute approximate surface area is 186 Å². The van der Waals surface area contributed by atoms with Gasteiger partial charge in [-0.25, -0.2) is 8.42 Å². The highest BCUT2D eigenvalue weighted by atomic mass is 79.9. The second-order valence-electron chi connectivity index (χ2n) is 6.41. The average Bonchev–Trinajstić information content (AvgIpc) is 3.03. The second-order valence-corrected chi connectivity index (χ2v) is 9.24. The molecule has 1 heterocycles. The first-order valence-corrected chi connectivity index (χ1v) is 11.4. The SMILES string of the molecule is COc1ccc(N(CC(=O)N=Nc2c(O)[nH]c3ccc(Br)cc23)S(C)(=O)=O)c(OC)c1. The lowest BCUT2D eigenvalue weighted by atomic mass is 10.2. The zero-order valence-corrected chi connectivity index (χ0v) is 19.2. The van der Waals surface area contributed by atoms with Crippen molar-refractivity contribution in [2.75, 3.05) is 31.3 Å². The van der Waals surface area contributed by atoms with Gasteiger partial charge in [-0.15, -0.1) is 10.2 Å². The van der Waals surface area contributed by atoms with Crippen LogP contribution in [-0.4, -0.2) is 51.4 Å². The number of nitrogens with one attached hydrogen (secondary N) is 1. The normalized spacial score (nSPS) is 11.7. The molecule has 0 saturated carbocycles. The number of fused-ring (bicyclic) bond motifs is 1. The van der Waals surface area contributed by atoms with Crippen LogP contribution in [0.25, 0.3) is 10.9 Å². The molecule has 0 unspecified atom stereocenters. The van der Waals surface area contributed by atoms with E-state index in [-0.39, 0.29) is 23.0 Å². The largest absolute Gasteiger partial charge is 0.497 e. The van der Waals surface area contributed by atoms with Crippen molar-refractivity contribution in [1.29, 1.82) is 0 Å². The smallest absolute Gasteiger partial charge is 0.285 e. The van der Waals surface area contributed by atoms with Crippen molar-refractivity contribution in [3.63, 3.8) is 0 Å². The molecule has 0 spiro atoms. The lowest BCUT2D eigenvalue weighted by Crippen LogP contribution is -2.34. The molecule has 0 fully saturated rings. The van der Waals surface area contributed by atoms with Crippen LogP contribution in [0.15, 0.2) is 51.1 Å². The Bertz CT molecular complexity index is 1270. The fourth-order valence-corrected chi connectivity index (χ4v) is 4.08. The predicted molar refractivity (Wildman–Crippen MR) is 119 cm³/mol. The first-order chi connectivity index (χ1) is 14.6. The Kier molecular flexibility index (Phi) is 6.51. The fraction of sp³-hybridized carbons (Fsp3) is 0.211. The van der Waals surface area contributed by atoms with E-state index in [1.165, 1.54) is 26.4 Å². The van der Waals surface area contributed by atoms with Gasteiger partial charge in [-0.2, -0.15) is 0 Å². The number of amides is 1. The number of carbonyl (C=O) groups is 1. The van der Waals surface area contributed by atoms with Crippen LogP contribution in [-0.2, 0) is 14.8 Å². The monoisotopic (exact) mass is 510 g/mol. The molecule has 164 valence electrons. The summed E-state index contributed by atoms with van der Waals surface area (Å²) in [7, 11) is -1.02. The van der Waals surface area contributed by atoms with Crippen LogP contribution in [0.5, 0.6) is 17.4 Å². The van der Waals surface area contributed by atoms with E-state index in [9.17, 15) is 18.3 Å². The van der Waals surface area contributed by atoms with Crippen LogP contribution in [0.4, 0.5) is 11.4 Å². The number of methoxy groups -OCH3 is 2. The second kappa shape index (κ2) is 8.94. The van der Waals surface area contributed by atoms with Gasteiger partial charge >= 0.3 is 0 Å². The van der Waals surface area contributed by atoms with Gasteiger partial charge in [-0.3, -0.25) is 9.10 Å². The first-order valence-electron chi connectivity index (χ1n) is 8.78. The van der Waals surface area contributed by atoms with Gasteiger partial charge in [-0.1, -0.05) is 15.9 Å². The number of aromatic hydroxyl groups is 1. The Hall–Kier alpha value is -3.12. The summed E-state index contributed by atoms with van der Waals surface area (Å²) < 4.78 is 36.7. The molecular formula is C19H19BrN4O6S. The van der Waals surface area contributed by atoms with E-state index in [1.54, 1.807) is 24.3 Å². The highest BCUT2D eigenvalue weighted by molar-refractivity contribution is 9.10. The summed E-state index contributed by atoms with van der Waals surface area (Å²) in [4.78, 5) is 15.2. The average molecular weight is 511 g/mol. The molecule has 1 amide bonds. The summed E-state index contributed by atoms with van der Waals surface area (Å²) in [5.74, 6) is -0.442. The van der Waals surface area contributed by atoms with Crippen LogP contribution in [0.3, 0.4) is 0 Å². The summed E-state index contributed by atoms with van der Waals surface area (Å²) in [6, 6.07) is 9.71. The summed E-state index contributed by atoms with van der Waals surface area (Å²) >= 11 is 3.33. The maximum absolute atomic E-state index is 12.5. The van der Waals surface area contributed by atoms with E-state index in [1.807, 2.05) is 0 Å². The zero-order valence-electron chi connectivity index (χ0n) is 16.8. The van der Waals surface area contributed by atoms with Crippen LogP contribution in [0, 0.1) is 0 Å². The molecule has 1 aromatic heterocycles. The number of halogens is 1. The summed E-state index contributed by atoms with van der Waals surface area (Å²) in [5, 5.41) is 18.0. The molecule has 0 aliphatic rings. The van der Waals surface area contributed by atoms with E-state index in [4.69, 9.17) is 9.47 Å². The van der Waals surface area contributed by atoms with E-state index < -0.39 is 22.5 Å². The minimum absolute atomic E-state index is 0.0672. The molecule has 0 aliphatic carbocycles. The van der Waals surface area contributed by atoms with Gasteiger partial charge in [0.25, 0.3) is 5.91 Å². The van der Waals surface area contributed by atoms with Crippen molar-refractivity contribution in [3.05, 3.63) is 40.9 Å². The number of rotatable bonds is 7. The number of nitrogens with zero attached hydrogens (tertiary/aromatic N) is 3. The van der Waals surface area contributed by atoms with E-state index >= 15 is 0 Å². The topological polar surface area (TPSA) is 134 Å². The van der Waals surface area contributed by atoms with Crippen molar-refractivity contribution >= 4 is 54.1 Å². The van der Waals surface area contributed by atoms with Crippen molar-refractivity contribution in [2.24, 2.45) is 10.2 Å². The number of hydrogen-bond donors (Lipinski definition) is 2. The molecule has 2 aromatic carbocycles. The zero-order chi connectivity index (χ0) is 22.8. The summed E-state index contributed by atoms with van der Waals surface area (Å²) in [5.41, 5.74) is 0.814. The molecule has 2 N–H and O–H groups in total. The number of azo groups is 1. The van der Waals surface area contributed by atoms with Gasteiger partial charge in [0.2, 0.25) is 15.9 Å². The van der Waals surface area contributed by atoms with Gasteiger partial charge in [0.15, 0.2) is 5.69 Å². The van der Waals surface area contributed by atoms with Crippen molar-refractivity contribution in [3.8, 4) is 17.4 Å². The number of aromatic nitrogens is 1. The molecule has 31 heavy (non-hydrogen) atoms. The maximum atomic E-state index is 12.5.